The van der Waals surface area contributed by atoms with Crippen molar-refractivity contribution < 1.29 is 27.5 Å². The van der Waals surface area contributed by atoms with Gasteiger partial charge in [-0.3, -0.25) is 4.79 Å². The molecule has 1 heterocycles. The van der Waals surface area contributed by atoms with Crippen LogP contribution in [0, 0.1) is 0 Å². The monoisotopic (exact) mass is 582 g/mol. The highest BCUT2D eigenvalue weighted by molar-refractivity contribution is 7.89. The van der Waals surface area contributed by atoms with E-state index in [0.717, 1.165) is 4.31 Å². The zero-order chi connectivity index (χ0) is 26.7. The molecule has 1 atom stereocenters. The van der Waals surface area contributed by atoms with Crippen molar-refractivity contribution in [3.8, 4) is 5.75 Å². The first-order valence-electron chi connectivity index (χ1n) is 10.9. The highest BCUT2D eigenvalue weighted by Crippen LogP contribution is 2.34. The van der Waals surface area contributed by atoms with Crippen LogP contribution in [0.2, 0.25) is 15.1 Å². The van der Waals surface area contributed by atoms with Gasteiger partial charge in [0.2, 0.25) is 22.0 Å². The van der Waals surface area contributed by atoms with Gasteiger partial charge in [-0.2, -0.15) is 4.31 Å². The number of carbonyl (C=O) groups is 2. The Morgan fingerprint density at radius 3 is 2.38 bits per heavy atom. The summed E-state index contributed by atoms with van der Waals surface area (Å²) in [4.78, 5) is 27.1. The van der Waals surface area contributed by atoms with Crippen LogP contribution in [0.25, 0.3) is 0 Å². The average Bonchev–Trinajstić information content (AvgIpc) is 2.88. The third-order valence-corrected chi connectivity index (χ3v) is 8.31. The number of carbonyl (C=O) groups excluding carboxylic acids is 2. The van der Waals surface area contributed by atoms with Crippen LogP contribution < -0.4 is 9.64 Å². The first-order valence-corrected chi connectivity index (χ1v) is 13.5. The van der Waals surface area contributed by atoms with E-state index in [0.29, 0.717) is 27.0 Å². The van der Waals surface area contributed by atoms with Crippen LogP contribution in [0.15, 0.2) is 71.6 Å². The molecule has 1 aliphatic rings. The topological polar surface area (TPSA) is 93.2 Å². The third kappa shape index (κ3) is 6.02. The number of methoxy groups -OCH3 is 1. The number of rotatable bonds is 7. The van der Waals surface area contributed by atoms with Crippen LogP contribution in [-0.2, 0) is 30.9 Å². The Morgan fingerprint density at radius 1 is 1.03 bits per heavy atom. The second kappa shape index (κ2) is 11.3. The summed E-state index contributed by atoms with van der Waals surface area (Å²) >= 11 is 18.3. The molecule has 0 N–H and O–H groups in total. The van der Waals surface area contributed by atoms with E-state index in [-0.39, 0.29) is 23.0 Å². The Morgan fingerprint density at radius 2 is 1.70 bits per heavy atom. The highest BCUT2D eigenvalue weighted by atomic mass is 35.5. The molecule has 0 bridgehead atoms. The minimum Gasteiger partial charge on any atom is -0.475 e. The molecule has 0 spiro atoms. The summed E-state index contributed by atoms with van der Waals surface area (Å²) in [6.07, 6.45) is -1.07. The molecule has 12 heteroatoms. The predicted molar refractivity (Wildman–Crippen MR) is 141 cm³/mol. The molecule has 8 nitrogen and oxygen atoms in total. The maximum absolute atomic E-state index is 13.7. The van der Waals surface area contributed by atoms with E-state index in [2.05, 4.69) is 0 Å². The van der Waals surface area contributed by atoms with E-state index in [9.17, 15) is 18.0 Å². The summed E-state index contributed by atoms with van der Waals surface area (Å²) in [5.41, 5.74) is 0.854. The lowest BCUT2D eigenvalue weighted by molar-refractivity contribution is -0.148. The van der Waals surface area contributed by atoms with E-state index in [1.54, 1.807) is 36.4 Å². The largest absolute Gasteiger partial charge is 0.475 e. The zero-order valence-electron chi connectivity index (χ0n) is 19.4. The number of esters is 1. The van der Waals surface area contributed by atoms with Gasteiger partial charge >= 0.3 is 5.97 Å². The molecule has 0 unspecified atom stereocenters. The molecule has 1 aliphatic heterocycles. The Kier molecular flexibility index (Phi) is 8.30. The van der Waals surface area contributed by atoms with E-state index >= 15 is 0 Å². The molecule has 1 amide bonds. The van der Waals surface area contributed by atoms with Gasteiger partial charge in [0.1, 0.15) is 5.75 Å². The molecule has 194 valence electrons. The van der Waals surface area contributed by atoms with Gasteiger partial charge in [0.25, 0.3) is 0 Å². The van der Waals surface area contributed by atoms with Crippen molar-refractivity contribution in [3.05, 3.63) is 87.4 Å². The van der Waals surface area contributed by atoms with Gasteiger partial charge < -0.3 is 14.4 Å². The molecule has 4 rings (SSSR count). The molecule has 0 aliphatic carbocycles. The summed E-state index contributed by atoms with van der Waals surface area (Å²) in [7, 11) is -2.96. The zero-order valence-corrected chi connectivity index (χ0v) is 22.5. The summed E-state index contributed by atoms with van der Waals surface area (Å²) in [6, 6.07) is 16.9. The molecule has 37 heavy (non-hydrogen) atoms. The first-order chi connectivity index (χ1) is 17.6. The fourth-order valence-corrected chi connectivity index (χ4v) is 5.74. The van der Waals surface area contributed by atoms with Gasteiger partial charge in [-0.25, -0.2) is 13.2 Å². The van der Waals surface area contributed by atoms with Crippen LogP contribution in [0.1, 0.15) is 5.56 Å². The lowest BCUT2D eigenvalue weighted by atomic mass is 10.1. The lowest BCUT2D eigenvalue weighted by Crippen LogP contribution is -2.50. The minimum atomic E-state index is -4.18. The van der Waals surface area contributed by atoms with Gasteiger partial charge in [0.05, 0.1) is 30.8 Å². The number of halogens is 3. The number of sulfonamides is 1. The van der Waals surface area contributed by atoms with E-state index < -0.39 is 34.5 Å². The quantitative estimate of drug-likeness (QED) is 0.371. The van der Waals surface area contributed by atoms with Crippen LogP contribution in [-0.4, -0.2) is 50.9 Å². The fraction of sp³-hybridized carbons (Fsp3) is 0.200. The minimum absolute atomic E-state index is 0.0513. The SMILES string of the molecule is COC(=O)[C@@H]1CN(C(=O)CN(Cc2ccc(Cl)cc2Cl)S(=O)(=O)c2ccc(Cl)cc2)c2ccccc2O1. The van der Waals surface area contributed by atoms with Crippen molar-refractivity contribution in [1.29, 1.82) is 0 Å². The van der Waals surface area contributed by atoms with Gasteiger partial charge in [0, 0.05) is 21.6 Å². The number of nitrogens with zero attached hydrogens (tertiary/aromatic N) is 2. The normalized spacial score (nSPS) is 15.2. The molecule has 0 aromatic heterocycles. The summed E-state index contributed by atoms with van der Waals surface area (Å²) in [6.45, 7) is -0.912. The Hall–Kier alpha value is -2.82. The van der Waals surface area contributed by atoms with Crippen LogP contribution in [0.3, 0.4) is 0 Å². The molecular formula is C25H21Cl3N2O6S. The molecular weight excluding hydrogens is 563 g/mol. The Labute approximate surface area is 229 Å². The summed E-state index contributed by atoms with van der Waals surface area (Å²) in [5, 5.41) is 0.996. The number of anilines is 1. The Bertz CT molecular complexity index is 1430. The van der Waals surface area contributed by atoms with E-state index in [4.69, 9.17) is 44.3 Å². The van der Waals surface area contributed by atoms with Gasteiger partial charge in [0.15, 0.2) is 0 Å². The third-order valence-electron chi connectivity index (χ3n) is 5.66. The van der Waals surface area contributed by atoms with Crippen LogP contribution in [0.4, 0.5) is 5.69 Å². The van der Waals surface area contributed by atoms with Gasteiger partial charge in [-0.05, 0) is 54.1 Å². The van der Waals surface area contributed by atoms with Crippen molar-refractivity contribution in [2.75, 3.05) is 25.1 Å². The van der Waals surface area contributed by atoms with E-state index in [1.807, 2.05) is 0 Å². The number of hydrogen-bond donors (Lipinski definition) is 0. The van der Waals surface area contributed by atoms with Gasteiger partial charge in [-0.1, -0.05) is 53.0 Å². The molecule has 0 radical (unpaired) electrons. The lowest BCUT2D eigenvalue weighted by Gasteiger charge is -2.34. The standard InChI is InChI=1S/C25H21Cl3N2O6S/c1-35-25(32)23-14-30(21-4-2-3-5-22(21)36-23)24(31)15-29(13-16-6-7-18(27)12-20(16)28)37(33,34)19-10-8-17(26)9-11-19/h2-12,23H,13-15H2,1H3/t23-/m0/s1. The van der Waals surface area contributed by atoms with Crippen LogP contribution in [0.5, 0.6) is 5.75 Å². The molecule has 0 saturated heterocycles. The smallest absolute Gasteiger partial charge is 0.348 e. The Balaban J connectivity index is 1.70. The van der Waals surface area contributed by atoms with Crippen molar-refractivity contribution in [2.45, 2.75) is 17.5 Å². The van der Waals surface area contributed by atoms with Crippen LogP contribution >= 0.6 is 34.8 Å². The molecule has 3 aromatic carbocycles. The number of fused-ring (bicyclic) bond motifs is 1. The predicted octanol–water partition coefficient (Wildman–Crippen LogP) is 4.80. The van der Waals surface area contributed by atoms with Crippen molar-refractivity contribution in [1.82, 2.24) is 4.31 Å². The highest BCUT2D eigenvalue weighted by Gasteiger charge is 2.36. The molecule has 0 saturated carbocycles. The molecule has 3 aromatic rings. The second-order valence-corrected chi connectivity index (χ2v) is 11.3. The first kappa shape index (κ1) is 27.2. The van der Waals surface area contributed by atoms with Crippen molar-refractivity contribution >= 4 is 62.4 Å². The fourth-order valence-electron chi connectivity index (χ4n) is 3.78. The van der Waals surface area contributed by atoms with E-state index in [1.165, 1.54) is 42.3 Å². The van der Waals surface area contributed by atoms with Gasteiger partial charge in [-0.15, -0.1) is 0 Å². The van der Waals surface area contributed by atoms with Crippen molar-refractivity contribution in [2.24, 2.45) is 0 Å². The number of para-hydroxylation sites is 2. The number of hydrogen-bond acceptors (Lipinski definition) is 6. The number of ether oxygens (including phenoxy) is 2. The summed E-state index contributed by atoms with van der Waals surface area (Å²) in [5.74, 6) is -0.941. The maximum atomic E-state index is 13.7. The maximum Gasteiger partial charge on any atom is 0.348 e. The summed E-state index contributed by atoms with van der Waals surface area (Å²) < 4.78 is 38.8. The average molecular weight is 584 g/mol. The van der Waals surface area contributed by atoms with Crippen molar-refractivity contribution in [3.63, 3.8) is 0 Å². The molecule has 0 fully saturated rings. The number of amides is 1. The second-order valence-electron chi connectivity index (χ2n) is 8.06. The number of benzene rings is 3.